The molecule has 0 spiro atoms. The van der Waals surface area contributed by atoms with Crippen LogP contribution in [0, 0.1) is 35.5 Å². The molecule has 6 aliphatic carbocycles. The van der Waals surface area contributed by atoms with Crippen molar-refractivity contribution in [3.05, 3.63) is 0 Å². The lowest BCUT2D eigenvalue weighted by Crippen LogP contribution is -2.43. The van der Waals surface area contributed by atoms with Crippen molar-refractivity contribution in [2.45, 2.75) is 227 Å². The Kier molecular flexibility index (Phi) is 16.5. The largest absolute Gasteiger partial charge is 0.131 e. The Morgan fingerprint density at radius 3 is 0.612 bits per heavy atom. The molecule has 6 aliphatic rings. The van der Waals surface area contributed by atoms with Crippen molar-refractivity contribution >= 4 is 35.6 Å². The van der Waals surface area contributed by atoms with Gasteiger partial charge in [0.1, 0.15) is 0 Å². The normalized spacial score (nSPS) is 26.4. The first kappa shape index (κ1) is 40.4. The van der Waals surface area contributed by atoms with Crippen molar-refractivity contribution in [1.29, 1.82) is 0 Å². The molecule has 3 unspecified atom stereocenters. The van der Waals surface area contributed by atoms with Crippen molar-refractivity contribution in [2.24, 2.45) is 35.5 Å². The predicted molar refractivity (Wildman–Crippen MR) is 232 cm³/mol. The average molecular weight is 749 g/mol. The Morgan fingerprint density at radius 2 is 0.449 bits per heavy atom. The second-order valence-electron chi connectivity index (χ2n) is 19.4. The molecule has 3 atom stereocenters. The van der Waals surface area contributed by atoms with Gasteiger partial charge in [0.25, 0.3) is 0 Å². The minimum atomic E-state index is 0.0801. The summed E-state index contributed by atoms with van der Waals surface area (Å²) in [6.07, 6.45) is 55.0. The summed E-state index contributed by atoms with van der Waals surface area (Å²) >= 11 is 0. The predicted octanol–water partition coefficient (Wildman–Crippen LogP) is 15.0. The number of rotatable bonds is 15. The van der Waals surface area contributed by atoms with Gasteiger partial charge in [0, 0.05) is 0 Å². The Labute approximate surface area is 315 Å². The maximum atomic E-state index is 3.72. The summed E-state index contributed by atoms with van der Waals surface area (Å²) in [5, 5.41) is 1.62. The molecule has 4 heteroatoms. The molecule has 49 heavy (non-hydrogen) atoms. The first-order chi connectivity index (χ1) is 23.9. The maximum Gasteiger partial charge on any atom is -0.00905 e. The van der Waals surface area contributed by atoms with Crippen LogP contribution in [0.25, 0.3) is 0 Å². The third-order valence-electron chi connectivity index (χ3n) is 16.8. The summed E-state index contributed by atoms with van der Waals surface area (Å²) in [7, 11) is 11.2. The monoisotopic (exact) mass is 749 g/mol. The van der Waals surface area contributed by atoms with Crippen molar-refractivity contribution < 1.29 is 0 Å². The molecule has 6 rings (SSSR count). The molecule has 0 aromatic heterocycles. The third-order valence-corrected chi connectivity index (χ3v) is 23.0. The van der Waals surface area contributed by atoms with E-state index < -0.39 is 0 Å². The van der Waals surface area contributed by atoms with Crippen LogP contribution in [0.1, 0.15) is 212 Å². The van der Waals surface area contributed by atoms with Gasteiger partial charge in [-0.1, -0.05) is 116 Å². The fourth-order valence-electron chi connectivity index (χ4n) is 13.5. The van der Waals surface area contributed by atoms with Crippen molar-refractivity contribution in [3.8, 4) is 0 Å². The lowest BCUT2D eigenvalue weighted by molar-refractivity contribution is 0.168. The first-order valence-electron chi connectivity index (χ1n) is 23.0. The molecule has 0 saturated heterocycles. The van der Waals surface area contributed by atoms with Crippen LogP contribution >= 0.6 is 35.6 Å². The fraction of sp³-hybridized carbons (Fsp3) is 1.00. The van der Waals surface area contributed by atoms with E-state index in [1.54, 1.807) is 37.7 Å². The highest BCUT2D eigenvalue weighted by atomic mass is 31.1. The quantitative estimate of drug-likeness (QED) is 0.146. The van der Waals surface area contributed by atoms with E-state index in [2.05, 4.69) is 27.7 Å². The summed E-state index contributed by atoms with van der Waals surface area (Å²) in [5.74, 6) is 5.93. The zero-order chi connectivity index (χ0) is 34.0. The molecule has 284 valence electrons. The Morgan fingerprint density at radius 1 is 0.286 bits per heavy atom. The lowest BCUT2D eigenvalue weighted by atomic mass is 9.67. The topological polar surface area (TPSA) is 0 Å². The Bertz CT molecular complexity index is 739. The van der Waals surface area contributed by atoms with Gasteiger partial charge in [0.15, 0.2) is 0 Å². The van der Waals surface area contributed by atoms with E-state index in [1.807, 2.05) is 0 Å². The van der Waals surface area contributed by atoms with Gasteiger partial charge in [-0.15, -0.1) is 35.6 Å². The second-order valence-corrected chi connectivity index (χ2v) is 25.3. The van der Waals surface area contributed by atoms with Crippen LogP contribution in [0.3, 0.4) is 0 Å². The van der Waals surface area contributed by atoms with Crippen LogP contribution in [0.4, 0.5) is 0 Å². The van der Waals surface area contributed by atoms with E-state index in [4.69, 9.17) is 0 Å². The minimum Gasteiger partial charge on any atom is -0.131 e. The highest BCUT2D eigenvalue weighted by Crippen LogP contribution is 2.58. The van der Waals surface area contributed by atoms with E-state index in [1.165, 1.54) is 193 Å². The second kappa shape index (κ2) is 20.1. The lowest BCUT2D eigenvalue weighted by Gasteiger charge is -2.50. The van der Waals surface area contributed by atoms with Crippen LogP contribution < -0.4 is 0 Å². The SMILES string of the molecule is PC(CCP(CCC(P)(C1CCCCC1)C1CCCCC1)CCC(P)(C1CCCCC1)C1CCCCC1)(C1CCCCC1)C1CCCCC1. The molecule has 0 bridgehead atoms. The van der Waals surface area contributed by atoms with Gasteiger partial charge in [-0.25, -0.2) is 0 Å². The molecule has 0 radical (unpaired) electrons. The number of hydrogen-bond acceptors (Lipinski definition) is 0. The van der Waals surface area contributed by atoms with Crippen LogP contribution in [0.5, 0.6) is 0 Å². The highest BCUT2D eigenvalue weighted by Gasteiger charge is 2.46. The molecule has 0 amide bonds. The van der Waals surface area contributed by atoms with Gasteiger partial charge in [-0.05, 0) is 166 Å². The molecule has 6 fully saturated rings. The average Bonchev–Trinajstić information content (AvgIpc) is 3.19. The van der Waals surface area contributed by atoms with Crippen molar-refractivity contribution in [2.75, 3.05) is 18.5 Å². The van der Waals surface area contributed by atoms with E-state index in [-0.39, 0.29) is 7.92 Å². The van der Waals surface area contributed by atoms with Crippen molar-refractivity contribution in [1.82, 2.24) is 0 Å². The summed E-state index contributed by atoms with van der Waals surface area (Å²) in [6.45, 7) is 0. The van der Waals surface area contributed by atoms with Crippen LogP contribution in [0.2, 0.25) is 0 Å². The first-order valence-corrected chi connectivity index (χ1v) is 26.6. The Balaban J connectivity index is 1.23. The summed E-state index contributed by atoms with van der Waals surface area (Å²) < 4.78 is 0. The molecule has 6 saturated carbocycles. The zero-order valence-electron chi connectivity index (χ0n) is 32.6. The number of hydrogen-bond donors (Lipinski definition) is 0. The zero-order valence-corrected chi connectivity index (χ0v) is 37.0. The molecule has 0 aromatic rings. The molecule has 0 aliphatic heterocycles. The van der Waals surface area contributed by atoms with Crippen molar-refractivity contribution in [3.63, 3.8) is 0 Å². The summed E-state index contributed by atoms with van der Waals surface area (Å²) in [4.78, 5) is 0. The highest BCUT2D eigenvalue weighted by molar-refractivity contribution is 7.57. The van der Waals surface area contributed by atoms with Gasteiger partial charge in [-0.3, -0.25) is 0 Å². The molecular weight excluding hydrogens is 664 g/mol. The van der Waals surface area contributed by atoms with Gasteiger partial charge in [0.05, 0.1) is 0 Å². The van der Waals surface area contributed by atoms with Gasteiger partial charge >= 0.3 is 0 Å². The van der Waals surface area contributed by atoms with E-state index in [0.29, 0.717) is 15.5 Å². The fourth-order valence-corrected chi connectivity index (χ4v) is 19.4. The van der Waals surface area contributed by atoms with Gasteiger partial charge in [-0.2, -0.15) is 0 Å². The summed E-state index contributed by atoms with van der Waals surface area (Å²) in [6, 6.07) is 0. The molecule has 0 heterocycles. The Hall–Kier alpha value is 1.72. The standard InChI is InChI=1S/C45H84P4/c46-43(37-19-7-1-8-20-37,38-21-9-2-10-22-38)31-34-49(35-32-44(47,39-23-11-3-12-24-39)40-25-13-4-14-26-40)36-33-45(48,41-27-15-5-16-28-41)42-29-17-6-18-30-42/h37-42H,1-36,46-48H2. The van der Waals surface area contributed by atoms with E-state index in [0.717, 1.165) is 35.5 Å². The molecule has 0 aromatic carbocycles. The third kappa shape index (κ3) is 10.5. The van der Waals surface area contributed by atoms with E-state index in [9.17, 15) is 0 Å². The molecule has 0 N–H and O–H groups in total. The minimum absolute atomic E-state index is 0.0801. The van der Waals surface area contributed by atoms with Crippen LogP contribution in [-0.4, -0.2) is 34.0 Å². The molecule has 0 nitrogen and oxygen atoms in total. The van der Waals surface area contributed by atoms with Gasteiger partial charge < -0.3 is 0 Å². The van der Waals surface area contributed by atoms with E-state index >= 15 is 0 Å². The van der Waals surface area contributed by atoms with Crippen LogP contribution in [0.15, 0.2) is 0 Å². The van der Waals surface area contributed by atoms with Crippen LogP contribution in [-0.2, 0) is 0 Å². The van der Waals surface area contributed by atoms with Gasteiger partial charge in [0.2, 0.25) is 0 Å². The smallest absolute Gasteiger partial charge is 0.00905 e. The maximum absolute atomic E-state index is 3.72. The molecular formula is C45H84P4. The summed E-state index contributed by atoms with van der Waals surface area (Å²) in [5.41, 5.74) is 0.